The molecule has 0 radical (unpaired) electrons. The lowest BCUT2D eigenvalue weighted by molar-refractivity contribution is 0.0652. The summed E-state index contributed by atoms with van der Waals surface area (Å²) in [6.45, 7) is 2.19. The lowest BCUT2D eigenvalue weighted by atomic mass is 10.0. The highest BCUT2D eigenvalue weighted by atomic mass is 16.5. The number of carbonyl (C=O) groups is 2. The topological polar surface area (TPSA) is 95.9 Å². The van der Waals surface area contributed by atoms with E-state index >= 15 is 0 Å². The monoisotopic (exact) mass is 253 g/mol. The first-order valence-corrected chi connectivity index (χ1v) is 5.32. The highest BCUT2D eigenvalue weighted by molar-refractivity contribution is 6.05. The third kappa shape index (κ3) is 3.21. The number of nitrogens with one attached hydrogen (secondary N) is 1. The summed E-state index contributed by atoms with van der Waals surface area (Å²) in [6, 6.07) is 4.16. The minimum absolute atomic E-state index is 0.128. The molecule has 0 aliphatic rings. The maximum Gasteiger partial charge on any atom is 0.338 e. The number of benzene rings is 1. The van der Waals surface area contributed by atoms with Gasteiger partial charge >= 0.3 is 11.9 Å². The molecule has 1 unspecified atom stereocenters. The molecule has 0 aromatic heterocycles. The van der Waals surface area contributed by atoms with Crippen molar-refractivity contribution < 1.29 is 24.5 Å². The van der Waals surface area contributed by atoms with Crippen molar-refractivity contribution in [1.29, 1.82) is 0 Å². The van der Waals surface area contributed by atoms with Gasteiger partial charge in [-0.1, -0.05) is 6.07 Å². The van der Waals surface area contributed by atoms with E-state index in [-0.39, 0.29) is 22.9 Å². The Hall–Kier alpha value is -2.08. The van der Waals surface area contributed by atoms with Crippen LogP contribution in [0.15, 0.2) is 18.2 Å². The van der Waals surface area contributed by atoms with Crippen LogP contribution in [0.5, 0.6) is 0 Å². The van der Waals surface area contributed by atoms with Crippen LogP contribution in [-0.4, -0.2) is 41.9 Å². The van der Waals surface area contributed by atoms with E-state index in [9.17, 15) is 9.59 Å². The van der Waals surface area contributed by atoms with Crippen molar-refractivity contribution >= 4 is 17.6 Å². The number of aromatic carboxylic acids is 2. The van der Waals surface area contributed by atoms with Crippen molar-refractivity contribution in [2.75, 3.05) is 19.0 Å². The van der Waals surface area contributed by atoms with E-state index in [1.807, 2.05) is 6.92 Å². The van der Waals surface area contributed by atoms with Gasteiger partial charge in [0.25, 0.3) is 0 Å². The molecule has 0 saturated carbocycles. The largest absolute Gasteiger partial charge is 0.478 e. The summed E-state index contributed by atoms with van der Waals surface area (Å²) in [5, 5.41) is 21.0. The van der Waals surface area contributed by atoms with Crippen LogP contribution in [0.3, 0.4) is 0 Å². The second-order valence-electron chi connectivity index (χ2n) is 3.84. The number of hydrogen-bond donors (Lipinski definition) is 3. The fourth-order valence-electron chi connectivity index (χ4n) is 1.64. The summed E-state index contributed by atoms with van der Waals surface area (Å²) in [4.78, 5) is 22.1. The molecular formula is C12H15NO5. The first kappa shape index (κ1) is 14.0. The molecule has 98 valence electrons. The minimum atomic E-state index is -1.28. The Labute approximate surface area is 104 Å². The third-order valence-corrected chi connectivity index (χ3v) is 2.33. The Kier molecular flexibility index (Phi) is 4.67. The van der Waals surface area contributed by atoms with Gasteiger partial charge in [0, 0.05) is 18.8 Å². The van der Waals surface area contributed by atoms with Crippen LogP contribution in [0.2, 0.25) is 0 Å². The van der Waals surface area contributed by atoms with Crippen molar-refractivity contribution in [2.45, 2.75) is 13.0 Å². The Balaban J connectivity index is 3.15. The molecule has 3 N–H and O–H groups in total. The average molecular weight is 253 g/mol. The van der Waals surface area contributed by atoms with Crippen molar-refractivity contribution in [3.8, 4) is 0 Å². The van der Waals surface area contributed by atoms with Crippen LogP contribution in [0.4, 0.5) is 5.69 Å². The molecule has 0 aliphatic heterocycles. The van der Waals surface area contributed by atoms with E-state index in [0.717, 1.165) is 0 Å². The molecule has 0 bridgehead atoms. The molecular weight excluding hydrogens is 238 g/mol. The summed E-state index contributed by atoms with van der Waals surface area (Å²) < 4.78 is 4.93. The van der Waals surface area contributed by atoms with Gasteiger partial charge in [0.1, 0.15) is 0 Å². The lowest BCUT2D eigenvalue weighted by Crippen LogP contribution is -2.23. The maximum atomic E-state index is 11.2. The van der Waals surface area contributed by atoms with Crippen LogP contribution in [0.1, 0.15) is 27.6 Å². The molecule has 0 spiro atoms. The van der Waals surface area contributed by atoms with Crippen LogP contribution in [0.25, 0.3) is 0 Å². The molecule has 0 saturated heterocycles. The van der Waals surface area contributed by atoms with Gasteiger partial charge < -0.3 is 20.3 Å². The molecule has 0 aliphatic carbocycles. The lowest BCUT2D eigenvalue weighted by Gasteiger charge is -2.17. The molecule has 0 fully saturated rings. The molecule has 18 heavy (non-hydrogen) atoms. The second kappa shape index (κ2) is 6.02. The summed E-state index contributed by atoms with van der Waals surface area (Å²) >= 11 is 0. The molecule has 1 rings (SSSR count). The second-order valence-corrected chi connectivity index (χ2v) is 3.84. The molecule has 6 heteroatoms. The fraction of sp³-hybridized carbons (Fsp3) is 0.333. The first-order chi connectivity index (χ1) is 8.47. The van der Waals surface area contributed by atoms with Gasteiger partial charge in [-0.2, -0.15) is 0 Å². The van der Waals surface area contributed by atoms with Crippen molar-refractivity contribution in [3.05, 3.63) is 29.3 Å². The van der Waals surface area contributed by atoms with Gasteiger partial charge in [0.2, 0.25) is 0 Å². The molecule has 0 heterocycles. The highest BCUT2D eigenvalue weighted by Crippen LogP contribution is 2.21. The van der Waals surface area contributed by atoms with E-state index in [1.165, 1.54) is 25.3 Å². The Morgan fingerprint density at radius 3 is 2.50 bits per heavy atom. The predicted octanol–water partition coefficient (Wildman–Crippen LogP) is 1.53. The normalized spacial score (nSPS) is 11.9. The minimum Gasteiger partial charge on any atom is -0.478 e. The maximum absolute atomic E-state index is 11.2. The molecule has 0 amide bonds. The third-order valence-electron chi connectivity index (χ3n) is 2.33. The van der Waals surface area contributed by atoms with E-state index < -0.39 is 11.9 Å². The van der Waals surface area contributed by atoms with Gasteiger partial charge in [0.15, 0.2) is 0 Å². The van der Waals surface area contributed by atoms with Crippen LogP contribution < -0.4 is 5.32 Å². The number of rotatable bonds is 6. The summed E-state index contributed by atoms with van der Waals surface area (Å²) in [6.07, 6.45) is 0. The van der Waals surface area contributed by atoms with Crippen LogP contribution >= 0.6 is 0 Å². The first-order valence-electron chi connectivity index (χ1n) is 5.32. The summed E-state index contributed by atoms with van der Waals surface area (Å²) in [5.74, 6) is -2.55. The van der Waals surface area contributed by atoms with Crippen LogP contribution in [-0.2, 0) is 4.74 Å². The smallest absolute Gasteiger partial charge is 0.338 e. The van der Waals surface area contributed by atoms with Crippen LogP contribution in [0, 0.1) is 0 Å². The fourth-order valence-corrected chi connectivity index (χ4v) is 1.64. The SMILES string of the molecule is COCC(C)Nc1cccc(C(=O)O)c1C(=O)O. The van der Waals surface area contributed by atoms with Gasteiger partial charge in [0.05, 0.1) is 17.7 Å². The molecule has 1 atom stereocenters. The number of hydrogen-bond acceptors (Lipinski definition) is 4. The quantitative estimate of drug-likeness (QED) is 0.711. The Morgan fingerprint density at radius 1 is 1.33 bits per heavy atom. The van der Waals surface area contributed by atoms with E-state index in [0.29, 0.717) is 6.61 Å². The highest BCUT2D eigenvalue weighted by Gasteiger charge is 2.20. The van der Waals surface area contributed by atoms with E-state index in [2.05, 4.69) is 5.32 Å². The van der Waals surface area contributed by atoms with Crippen molar-refractivity contribution in [3.63, 3.8) is 0 Å². The van der Waals surface area contributed by atoms with Gasteiger partial charge in [-0.3, -0.25) is 0 Å². The number of anilines is 1. The standard InChI is InChI=1S/C12H15NO5/c1-7(6-18-2)13-9-5-3-4-8(11(14)15)10(9)12(16)17/h3-5,7,13H,6H2,1-2H3,(H,14,15)(H,16,17). The number of ether oxygens (including phenoxy) is 1. The zero-order valence-corrected chi connectivity index (χ0v) is 10.1. The van der Waals surface area contributed by atoms with Gasteiger partial charge in [-0.05, 0) is 19.1 Å². The van der Waals surface area contributed by atoms with E-state index in [1.54, 1.807) is 0 Å². The molecule has 1 aromatic carbocycles. The van der Waals surface area contributed by atoms with Gasteiger partial charge in [-0.25, -0.2) is 9.59 Å². The average Bonchev–Trinajstić information content (AvgIpc) is 2.28. The Morgan fingerprint density at radius 2 is 2.00 bits per heavy atom. The van der Waals surface area contributed by atoms with E-state index in [4.69, 9.17) is 14.9 Å². The summed E-state index contributed by atoms with van der Waals surface area (Å²) in [7, 11) is 1.53. The molecule has 6 nitrogen and oxygen atoms in total. The zero-order chi connectivity index (χ0) is 13.7. The number of methoxy groups -OCH3 is 1. The summed E-state index contributed by atoms with van der Waals surface area (Å²) in [5.41, 5.74) is -0.211. The van der Waals surface area contributed by atoms with Gasteiger partial charge in [-0.15, -0.1) is 0 Å². The van der Waals surface area contributed by atoms with Crippen molar-refractivity contribution in [1.82, 2.24) is 0 Å². The zero-order valence-electron chi connectivity index (χ0n) is 10.1. The number of carboxylic acid groups (broad SMARTS) is 2. The van der Waals surface area contributed by atoms with Crippen molar-refractivity contribution in [2.24, 2.45) is 0 Å². The number of carboxylic acids is 2. The Bertz CT molecular complexity index is 458. The molecule has 1 aromatic rings. The predicted molar refractivity (Wildman–Crippen MR) is 65.3 cm³/mol.